The maximum Gasteiger partial charge on any atom is 0.224 e. The number of hydrogen-bond acceptors (Lipinski definition) is 6. The molecule has 1 aromatic carbocycles. The van der Waals surface area contributed by atoms with Gasteiger partial charge in [0, 0.05) is 56.7 Å². The van der Waals surface area contributed by atoms with E-state index in [1.807, 2.05) is 43.3 Å². The number of pyridine rings is 2. The predicted octanol–water partition coefficient (Wildman–Crippen LogP) is 6.45. The Labute approximate surface area is 215 Å². The molecule has 0 aliphatic carbocycles. The van der Waals surface area contributed by atoms with Gasteiger partial charge in [-0.15, -0.1) is 11.3 Å². The van der Waals surface area contributed by atoms with E-state index in [4.69, 9.17) is 0 Å². The van der Waals surface area contributed by atoms with Crippen LogP contribution in [0.4, 0.5) is 5.69 Å². The number of aromatic amines is 2. The van der Waals surface area contributed by atoms with Crippen LogP contribution < -0.4 is 5.32 Å². The second-order valence-electron chi connectivity index (χ2n) is 8.73. The molecular formula is C28H22N6O2S. The minimum absolute atomic E-state index is 0.0668. The molecule has 9 heteroatoms. The summed E-state index contributed by atoms with van der Waals surface area (Å²) >= 11 is 1.50. The van der Waals surface area contributed by atoms with Crippen molar-refractivity contribution in [3.63, 3.8) is 0 Å². The van der Waals surface area contributed by atoms with Crippen LogP contribution in [0.15, 0.2) is 67.1 Å². The quantitative estimate of drug-likeness (QED) is 0.225. The molecule has 182 valence electrons. The molecule has 0 unspecified atom stereocenters. The molecule has 0 aliphatic rings. The smallest absolute Gasteiger partial charge is 0.224 e. The number of Topliss-reactive ketones (excluding diaryl/α,β-unsaturated/α-hetero) is 1. The van der Waals surface area contributed by atoms with E-state index in [-0.39, 0.29) is 11.7 Å². The minimum Gasteiger partial charge on any atom is -0.353 e. The van der Waals surface area contributed by atoms with Crippen molar-refractivity contribution in [2.45, 2.75) is 20.3 Å². The van der Waals surface area contributed by atoms with E-state index in [9.17, 15) is 9.59 Å². The summed E-state index contributed by atoms with van der Waals surface area (Å²) < 4.78 is 0. The first kappa shape index (κ1) is 22.8. The standard InChI is InChI=1S/C28H22N6O2S/c1-3-26(36)31-18-9-16(12-29-14-18)17-10-21-27(33-34-28(21)30-13-17)23-11-20-19(5-4-6-22(20)32-23)25-8-7-24(37-25)15(2)35/h4-14,32H,3H2,1-2H3,(H,31,36)(H,30,33,34). The number of amides is 1. The van der Waals surface area contributed by atoms with Crippen LogP contribution in [0.25, 0.3) is 54.9 Å². The highest BCUT2D eigenvalue weighted by atomic mass is 32.1. The number of hydrogen-bond donors (Lipinski definition) is 3. The third-order valence-corrected chi connectivity index (χ3v) is 7.45. The molecule has 37 heavy (non-hydrogen) atoms. The fraction of sp³-hybridized carbons (Fsp3) is 0.107. The monoisotopic (exact) mass is 506 g/mol. The highest BCUT2D eigenvalue weighted by Gasteiger charge is 2.16. The van der Waals surface area contributed by atoms with Crippen LogP contribution in [0.5, 0.6) is 0 Å². The summed E-state index contributed by atoms with van der Waals surface area (Å²) in [5.41, 5.74) is 6.67. The number of benzene rings is 1. The summed E-state index contributed by atoms with van der Waals surface area (Å²) in [7, 11) is 0. The number of anilines is 1. The highest BCUT2D eigenvalue weighted by Crippen LogP contribution is 2.37. The number of carbonyl (C=O) groups is 2. The van der Waals surface area contributed by atoms with Crippen LogP contribution in [-0.4, -0.2) is 36.8 Å². The van der Waals surface area contributed by atoms with Gasteiger partial charge >= 0.3 is 0 Å². The number of nitrogens with zero attached hydrogens (tertiary/aromatic N) is 3. The summed E-state index contributed by atoms with van der Waals surface area (Å²) in [4.78, 5) is 37.8. The first-order valence-corrected chi connectivity index (χ1v) is 12.6. The second kappa shape index (κ2) is 9.11. The Hall–Kier alpha value is -4.63. The first-order valence-electron chi connectivity index (χ1n) is 11.8. The van der Waals surface area contributed by atoms with E-state index >= 15 is 0 Å². The van der Waals surface area contributed by atoms with Crippen LogP contribution in [0.2, 0.25) is 0 Å². The summed E-state index contributed by atoms with van der Waals surface area (Å²) in [6, 6.07) is 16.0. The molecule has 6 rings (SSSR count). The van der Waals surface area contributed by atoms with Crippen molar-refractivity contribution >= 4 is 50.7 Å². The summed E-state index contributed by atoms with van der Waals surface area (Å²) in [6.45, 7) is 3.39. The number of carbonyl (C=O) groups excluding carboxylic acids is 2. The van der Waals surface area contributed by atoms with Gasteiger partial charge in [-0.05, 0) is 43.3 Å². The summed E-state index contributed by atoms with van der Waals surface area (Å²) in [5, 5.41) is 12.4. The Morgan fingerprint density at radius 2 is 1.86 bits per heavy atom. The van der Waals surface area contributed by atoms with Crippen molar-refractivity contribution in [2.75, 3.05) is 5.32 Å². The zero-order valence-electron chi connectivity index (χ0n) is 20.1. The molecule has 0 radical (unpaired) electrons. The average Bonchev–Trinajstić information content (AvgIpc) is 3.66. The summed E-state index contributed by atoms with van der Waals surface area (Å²) in [5.74, 6) is 0.000791. The highest BCUT2D eigenvalue weighted by molar-refractivity contribution is 7.17. The van der Waals surface area contributed by atoms with Crippen molar-refractivity contribution in [2.24, 2.45) is 0 Å². The van der Waals surface area contributed by atoms with Gasteiger partial charge in [0.05, 0.1) is 22.5 Å². The van der Waals surface area contributed by atoms with Crippen molar-refractivity contribution in [3.05, 3.63) is 72.0 Å². The van der Waals surface area contributed by atoms with Gasteiger partial charge in [-0.25, -0.2) is 4.98 Å². The van der Waals surface area contributed by atoms with Gasteiger partial charge in [-0.3, -0.25) is 19.7 Å². The Morgan fingerprint density at radius 3 is 2.68 bits per heavy atom. The average molecular weight is 507 g/mol. The van der Waals surface area contributed by atoms with Crippen LogP contribution in [0.1, 0.15) is 29.9 Å². The maximum absolute atomic E-state index is 11.8. The molecule has 8 nitrogen and oxygen atoms in total. The molecule has 1 amide bonds. The Bertz CT molecular complexity index is 1810. The fourth-order valence-corrected chi connectivity index (χ4v) is 5.29. The van der Waals surface area contributed by atoms with E-state index < -0.39 is 0 Å². The van der Waals surface area contributed by atoms with Crippen LogP contribution in [0.3, 0.4) is 0 Å². The van der Waals surface area contributed by atoms with E-state index in [0.717, 1.165) is 54.1 Å². The second-order valence-corrected chi connectivity index (χ2v) is 9.81. The van der Waals surface area contributed by atoms with Gasteiger partial charge in [0.1, 0.15) is 5.69 Å². The molecule has 5 aromatic heterocycles. The molecule has 0 fully saturated rings. The zero-order valence-corrected chi connectivity index (χ0v) is 20.9. The van der Waals surface area contributed by atoms with Crippen molar-refractivity contribution in [3.8, 4) is 33.0 Å². The van der Waals surface area contributed by atoms with Gasteiger partial charge in [-0.2, -0.15) is 5.10 Å². The molecule has 6 aromatic rings. The number of ketones is 1. The predicted molar refractivity (Wildman–Crippen MR) is 147 cm³/mol. The molecule has 0 spiro atoms. The normalized spacial score (nSPS) is 11.3. The van der Waals surface area contributed by atoms with E-state index in [1.54, 1.807) is 25.5 Å². The third kappa shape index (κ3) is 4.19. The largest absolute Gasteiger partial charge is 0.353 e. The number of fused-ring (bicyclic) bond motifs is 2. The molecule has 0 bridgehead atoms. The topological polar surface area (TPSA) is 116 Å². The molecule has 0 saturated carbocycles. The van der Waals surface area contributed by atoms with Gasteiger partial charge in [0.15, 0.2) is 11.4 Å². The van der Waals surface area contributed by atoms with Crippen molar-refractivity contribution in [1.29, 1.82) is 0 Å². The van der Waals surface area contributed by atoms with Crippen LogP contribution in [0, 0.1) is 0 Å². The van der Waals surface area contributed by atoms with E-state index in [2.05, 4.69) is 42.6 Å². The third-order valence-electron chi connectivity index (χ3n) is 6.23. The van der Waals surface area contributed by atoms with Gasteiger partial charge in [-0.1, -0.05) is 19.1 Å². The molecule has 3 N–H and O–H groups in total. The Balaban J connectivity index is 1.42. The molecule has 0 saturated heterocycles. The maximum atomic E-state index is 11.8. The van der Waals surface area contributed by atoms with Crippen LogP contribution in [-0.2, 0) is 4.79 Å². The van der Waals surface area contributed by atoms with Gasteiger partial charge in [0.2, 0.25) is 5.91 Å². The van der Waals surface area contributed by atoms with Crippen molar-refractivity contribution in [1.82, 2.24) is 25.1 Å². The van der Waals surface area contributed by atoms with E-state index in [0.29, 0.717) is 17.8 Å². The number of rotatable bonds is 6. The minimum atomic E-state index is -0.0668. The SMILES string of the molecule is CCC(=O)Nc1cncc(-c2cnc3[nH]nc(-c4cc5c(-c6ccc(C(C)=O)s6)cccc5[nH]4)c3c2)c1. The lowest BCUT2D eigenvalue weighted by Gasteiger charge is -2.06. The Morgan fingerprint density at radius 1 is 1.00 bits per heavy atom. The van der Waals surface area contributed by atoms with Gasteiger partial charge < -0.3 is 10.3 Å². The molecular weight excluding hydrogens is 484 g/mol. The fourth-order valence-electron chi connectivity index (χ4n) is 4.35. The lowest BCUT2D eigenvalue weighted by molar-refractivity contribution is -0.115. The van der Waals surface area contributed by atoms with E-state index in [1.165, 1.54) is 11.3 Å². The summed E-state index contributed by atoms with van der Waals surface area (Å²) in [6.07, 6.45) is 5.53. The number of nitrogens with one attached hydrogen (secondary N) is 3. The number of thiophene rings is 1. The molecule has 0 atom stereocenters. The van der Waals surface area contributed by atoms with Crippen LogP contribution >= 0.6 is 11.3 Å². The molecule has 0 aliphatic heterocycles. The Kier molecular flexibility index (Phi) is 5.61. The zero-order chi connectivity index (χ0) is 25.5. The van der Waals surface area contributed by atoms with Gasteiger partial charge in [0.25, 0.3) is 0 Å². The lowest BCUT2D eigenvalue weighted by Crippen LogP contribution is -2.09. The number of H-pyrrole nitrogens is 2. The molecule has 5 heterocycles. The van der Waals surface area contributed by atoms with Crippen molar-refractivity contribution < 1.29 is 9.59 Å². The lowest BCUT2D eigenvalue weighted by atomic mass is 10.1. The number of aromatic nitrogens is 5. The first-order chi connectivity index (χ1) is 18.0.